The van der Waals surface area contributed by atoms with Gasteiger partial charge in [0, 0.05) is 6.07 Å². The second-order valence-corrected chi connectivity index (χ2v) is 5.36. The predicted octanol–water partition coefficient (Wildman–Crippen LogP) is 1.54. The lowest BCUT2D eigenvalue weighted by molar-refractivity contribution is -0.395. The molecule has 1 atom stereocenters. The van der Waals surface area contributed by atoms with Crippen LogP contribution >= 0.6 is 7.60 Å². The first kappa shape index (κ1) is 14.2. The highest BCUT2D eigenvalue weighted by Gasteiger charge is 2.37. The number of hydrogen-bond donors (Lipinski definition) is 2. The summed E-state index contributed by atoms with van der Waals surface area (Å²) in [5, 5.41) is 21.5. The van der Waals surface area contributed by atoms with Crippen molar-refractivity contribution in [3.63, 3.8) is 0 Å². The Morgan fingerprint density at radius 3 is 2.28 bits per heavy atom. The van der Waals surface area contributed by atoms with Gasteiger partial charge in [-0.05, 0) is 13.0 Å². The van der Waals surface area contributed by atoms with Crippen LogP contribution in [0.5, 0.6) is 0 Å². The quantitative estimate of drug-likeness (QED) is 0.481. The summed E-state index contributed by atoms with van der Waals surface area (Å²) >= 11 is 0. The van der Waals surface area contributed by atoms with Crippen molar-refractivity contribution in [2.45, 2.75) is 12.6 Å². The van der Waals surface area contributed by atoms with E-state index in [1.165, 1.54) is 0 Å². The molecule has 0 spiro atoms. The number of benzene rings is 1. The minimum absolute atomic E-state index is 0.624. The van der Waals surface area contributed by atoms with Crippen molar-refractivity contribution in [2.75, 3.05) is 0 Å². The van der Waals surface area contributed by atoms with E-state index in [2.05, 4.69) is 6.07 Å². The monoisotopic (exact) mass is 275 g/mol. The average molecular weight is 275 g/mol. The Bertz CT molecular complexity index is 520. The fourth-order valence-corrected chi connectivity index (χ4v) is 1.97. The van der Waals surface area contributed by atoms with E-state index in [-0.39, 0.29) is 0 Å². The first-order chi connectivity index (χ1) is 8.16. The topological polar surface area (TPSA) is 144 Å². The van der Waals surface area contributed by atoms with Crippen LogP contribution < -0.4 is 0 Å². The molecule has 1 rings (SSSR count). The molecule has 9 nitrogen and oxygen atoms in total. The van der Waals surface area contributed by atoms with E-state index in [0.29, 0.717) is 0 Å². The Labute approximate surface area is 101 Å². The lowest BCUT2D eigenvalue weighted by Crippen LogP contribution is -2.05. The molecular weight excluding hydrogens is 267 g/mol. The normalized spacial score (nSPS) is 13.1. The summed E-state index contributed by atoms with van der Waals surface area (Å²) in [5.74, 6) is 0. The molecule has 18 heavy (non-hydrogen) atoms. The molecule has 0 aromatic heterocycles. The van der Waals surface area contributed by atoms with Gasteiger partial charge in [-0.3, -0.25) is 24.8 Å². The number of nitro benzene ring substituents is 2. The smallest absolute Gasteiger partial charge is 0.324 e. The van der Waals surface area contributed by atoms with Crippen molar-refractivity contribution in [2.24, 2.45) is 0 Å². The molecule has 0 aliphatic rings. The zero-order valence-electron chi connectivity index (χ0n) is 9.01. The van der Waals surface area contributed by atoms with Gasteiger partial charge in [0.25, 0.3) is 11.4 Å². The Morgan fingerprint density at radius 2 is 1.89 bits per heavy atom. The van der Waals surface area contributed by atoms with Crippen molar-refractivity contribution in [1.82, 2.24) is 0 Å². The van der Waals surface area contributed by atoms with Gasteiger partial charge in [-0.1, -0.05) is 0 Å². The molecule has 97 valence electrons. The largest absolute Gasteiger partial charge is 0.333 e. The fourth-order valence-electron chi connectivity index (χ4n) is 1.38. The summed E-state index contributed by atoms with van der Waals surface area (Å²) in [6, 6.07) is 4.01. The van der Waals surface area contributed by atoms with E-state index >= 15 is 0 Å². The van der Waals surface area contributed by atoms with Crippen molar-refractivity contribution in [3.05, 3.63) is 44.0 Å². The lowest BCUT2D eigenvalue weighted by Gasteiger charge is -2.13. The summed E-state index contributed by atoms with van der Waals surface area (Å²) in [5.41, 5.74) is -3.80. The summed E-state index contributed by atoms with van der Waals surface area (Å²) < 4.78 is 11.1. The third-order valence-electron chi connectivity index (χ3n) is 2.29. The van der Waals surface area contributed by atoms with Gasteiger partial charge in [0.2, 0.25) is 0 Å². The summed E-state index contributed by atoms with van der Waals surface area (Å²) in [7, 11) is -4.74. The van der Waals surface area contributed by atoms with Crippen LogP contribution in [-0.2, 0) is 4.57 Å². The Balaban J connectivity index is 3.60. The molecule has 0 heterocycles. The van der Waals surface area contributed by atoms with Gasteiger partial charge in [-0.25, -0.2) is 0 Å². The van der Waals surface area contributed by atoms with Gasteiger partial charge in [0.05, 0.1) is 21.6 Å². The molecule has 0 bridgehead atoms. The average Bonchev–Trinajstić information content (AvgIpc) is 2.25. The van der Waals surface area contributed by atoms with Gasteiger partial charge >= 0.3 is 7.60 Å². The molecule has 0 amide bonds. The minimum atomic E-state index is -4.74. The molecule has 0 saturated heterocycles. The SMILES string of the molecule is CC(c1c([N+](=O)[O-])[c]ccc1[N+](=O)[O-])P(=O)(O)O. The molecule has 2 N–H and O–H groups in total. The second-order valence-electron chi connectivity index (χ2n) is 3.40. The van der Waals surface area contributed by atoms with Crippen LogP contribution in [0.15, 0.2) is 12.1 Å². The van der Waals surface area contributed by atoms with Crippen molar-refractivity contribution in [3.8, 4) is 0 Å². The van der Waals surface area contributed by atoms with Crippen LogP contribution in [0.25, 0.3) is 0 Å². The fraction of sp³-hybridized carbons (Fsp3) is 0.250. The zero-order chi connectivity index (χ0) is 14.1. The molecule has 0 aliphatic carbocycles. The zero-order valence-corrected chi connectivity index (χ0v) is 9.90. The first-order valence-electron chi connectivity index (χ1n) is 4.54. The van der Waals surface area contributed by atoms with Crippen LogP contribution in [0, 0.1) is 26.3 Å². The van der Waals surface area contributed by atoms with Crippen molar-refractivity contribution in [1.29, 1.82) is 0 Å². The second kappa shape index (κ2) is 4.81. The van der Waals surface area contributed by atoms with E-state index < -0.39 is 40.0 Å². The standard InChI is InChI=1S/C8H8N2O7P/c1-5(18(15,16)17)8-6(9(11)12)3-2-4-7(8)10(13)14/h2-3,5H,1H3,(H2,15,16,17). The minimum Gasteiger partial charge on any atom is -0.324 e. The third-order valence-corrected chi connectivity index (χ3v) is 3.56. The van der Waals surface area contributed by atoms with Crippen molar-refractivity contribution < 1.29 is 24.2 Å². The molecule has 1 radical (unpaired) electrons. The number of nitro groups is 2. The van der Waals surface area contributed by atoms with Crippen LogP contribution in [0.3, 0.4) is 0 Å². The lowest BCUT2D eigenvalue weighted by atomic mass is 10.1. The molecule has 10 heteroatoms. The maximum Gasteiger partial charge on any atom is 0.333 e. The number of hydrogen-bond acceptors (Lipinski definition) is 5. The predicted molar refractivity (Wildman–Crippen MR) is 59.0 cm³/mol. The highest BCUT2D eigenvalue weighted by molar-refractivity contribution is 7.52. The van der Waals surface area contributed by atoms with Gasteiger partial charge in [0.1, 0.15) is 5.56 Å². The van der Waals surface area contributed by atoms with E-state index in [0.717, 1.165) is 19.1 Å². The van der Waals surface area contributed by atoms with E-state index in [1.54, 1.807) is 0 Å². The van der Waals surface area contributed by atoms with E-state index in [1.807, 2.05) is 0 Å². The van der Waals surface area contributed by atoms with Gasteiger partial charge < -0.3 is 9.79 Å². The van der Waals surface area contributed by atoms with Crippen LogP contribution in [0.2, 0.25) is 0 Å². The van der Waals surface area contributed by atoms with Crippen LogP contribution in [-0.4, -0.2) is 19.6 Å². The molecule has 1 aromatic carbocycles. The molecular formula is C8H8N2O7P. The maximum absolute atomic E-state index is 11.1. The molecule has 0 fully saturated rings. The first-order valence-corrected chi connectivity index (χ1v) is 6.23. The Hall–Kier alpha value is -1.83. The Morgan fingerprint density at radius 1 is 1.33 bits per heavy atom. The molecule has 1 aromatic rings. The van der Waals surface area contributed by atoms with Crippen LogP contribution in [0.4, 0.5) is 11.4 Å². The van der Waals surface area contributed by atoms with Crippen molar-refractivity contribution >= 4 is 19.0 Å². The van der Waals surface area contributed by atoms with E-state index in [9.17, 15) is 24.8 Å². The van der Waals surface area contributed by atoms with Gasteiger partial charge in [-0.2, -0.15) is 0 Å². The van der Waals surface area contributed by atoms with Gasteiger partial charge in [0.15, 0.2) is 0 Å². The summed E-state index contributed by atoms with van der Waals surface area (Å²) in [6.07, 6.45) is 0. The number of rotatable bonds is 4. The summed E-state index contributed by atoms with van der Waals surface area (Å²) in [4.78, 5) is 37.6. The third kappa shape index (κ3) is 2.70. The van der Waals surface area contributed by atoms with Gasteiger partial charge in [-0.15, -0.1) is 0 Å². The van der Waals surface area contributed by atoms with E-state index in [4.69, 9.17) is 9.79 Å². The summed E-state index contributed by atoms with van der Waals surface area (Å²) in [6.45, 7) is 0.990. The molecule has 0 saturated carbocycles. The molecule has 1 unspecified atom stereocenters. The van der Waals surface area contributed by atoms with Crippen LogP contribution in [0.1, 0.15) is 18.1 Å². The Kier molecular flexibility index (Phi) is 3.80. The highest BCUT2D eigenvalue weighted by atomic mass is 31.2. The number of nitrogens with zero attached hydrogens (tertiary/aromatic N) is 2. The highest BCUT2D eigenvalue weighted by Crippen LogP contribution is 2.55. The maximum atomic E-state index is 11.1. The molecule has 0 aliphatic heterocycles.